The number of carbonyl (C=O) groups is 1. The van der Waals surface area contributed by atoms with E-state index in [1.807, 2.05) is 13.8 Å². The van der Waals surface area contributed by atoms with Crippen molar-refractivity contribution in [2.75, 3.05) is 0 Å². The van der Waals surface area contributed by atoms with Gasteiger partial charge in [-0.15, -0.1) is 0 Å². The van der Waals surface area contributed by atoms with E-state index in [9.17, 15) is 4.79 Å². The first-order valence-corrected chi connectivity index (χ1v) is 4.72. The molecule has 0 aromatic rings. The van der Waals surface area contributed by atoms with Gasteiger partial charge >= 0.3 is 0 Å². The molecule has 1 heteroatoms. The fourth-order valence-corrected chi connectivity index (χ4v) is 2.42. The molecular formula is C10H16O. The number of rotatable bonds is 2. The Morgan fingerprint density at radius 2 is 1.73 bits per heavy atom. The van der Waals surface area contributed by atoms with E-state index in [0.29, 0.717) is 11.7 Å². The zero-order chi connectivity index (χ0) is 8.01. The summed E-state index contributed by atoms with van der Waals surface area (Å²) >= 11 is 0. The van der Waals surface area contributed by atoms with Gasteiger partial charge in [-0.3, -0.25) is 4.79 Å². The van der Waals surface area contributed by atoms with Gasteiger partial charge in [0.2, 0.25) is 0 Å². The topological polar surface area (TPSA) is 17.1 Å². The zero-order valence-corrected chi connectivity index (χ0v) is 7.34. The van der Waals surface area contributed by atoms with Gasteiger partial charge in [-0.25, -0.2) is 0 Å². The quantitative estimate of drug-likeness (QED) is 0.593. The van der Waals surface area contributed by atoms with Crippen molar-refractivity contribution >= 4 is 5.78 Å². The van der Waals surface area contributed by atoms with E-state index in [1.165, 1.54) is 19.3 Å². The van der Waals surface area contributed by atoms with Crippen molar-refractivity contribution in [3.8, 4) is 0 Å². The fraction of sp³-hybridized carbons (Fsp3) is 0.900. The molecule has 0 aromatic heterocycles. The highest BCUT2D eigenvalue weighted by Gasteiger charge is 2.47. The molecular weight excluding hydrogens is 136 g/mol. The van der Waals surface area contributed by atoms with E-state index in [1.54, 1.807) is 0 Å². The van der Waals surface area contributed by atoms with Crippen LogP contribution in [-0.2, 0) is 4.79 Å². The van der Waals surface area contributed by atoms with Crippen LogP contribution >= 0.6 is 0 Å². The number of Topliss-reactive ketones (excluding diaryl/α,β-unsaturated/α-hetero) is 1. The Bertz CT molecular complexity index is 173. The third-order valence-corrected chi connectivity index (χ3v) is 3.21. The molecule has 0 saturated heterocycles. The molecule has 0 aliphatic heterocycles. The maximum atomic E-state index is 11.5. The highest BCUT2D eigenvalue weighted by Crippen LogP contribution is 2.54. The summed E-state index contributed by atoms with van der Waals surface area (Å²) in [5.41, 5.74) is 0. The minimum absolute atomic E-state index is 0.262. The summed E-state index contributed by atoms with van der Waals surface area (Å²) in [6, 6.07) is 0. The predicted molar refractivity (Wildman–Crippen MR) is 44.2 cm³/mol. The predicted octanol–water partition coefficient (Wildman–Crippen LogP) is 2.26. The fourth-order valence-electron chi connectivity index (χ4n) is 2.42. The second kappa shape index (κ2) is 2.33. The molecule has 2 atom stereocenters. The first-order chi connectivity index (χ1) is 5.18. The Labute approximate surface area is 68.2 Å². The van der Waals surface area contributed by atoms with Crippen molar-refractivity contribution in [3.63, 3.8) is 0 Å². The lowest BCUT2D eigenvalue weighted by Gasteiger charge is -2.12. The van der Waals surface area contributed by atoms with Crippen LogP contribution in [0.25, 0.3) is 0 Å². The van der Waals surface area contributed by atoms with Crippen LogP contribution in [0.2, 0.25) is 0 Å². The molecule has 2 saturated carbocycles. The number of carbonyl (C=O) groups excluding carboxylic acids is 1. The van der Waals surface area contributed by atoms with Gasteiger partial charge in [0.25, 0.3) is 0 Å². The van der Waals surface area contributed by atoms with E-state index >= 15 is 0 Å². The molecule has 0 bridgehead atoms. The second-order valence-corrected chi connectivity index (χ2v) is 4.48. The van der Waals surface area contributed by atoms with E-state index in [2.05, 4.69) is 0 Å². The van der Waals surface area contributed by atoms with Crippen LogP contribution in [0, 0.1) is 23.7 Å². The molecule has 2 aliphatic rings. The summed E-state index contributed by atoms with van der Waals surface area (Å²) in [6.07, 6.45) is 3.84. The van der Waals surface area contributed by atoms with Crippen molar-refractivity contribution in [3.05, 3.63) is 0 Å². The largest absolute Gasteiger partial charge is 0.299 e. The van der Waals surface area contributed by atoms with E-state index in [4.69, 9.17) is 0 Å². The van der Waals surface area contributed by atoms with Gasteiger partial charge in [0.05, 0.1) is 0 Å². The van der Waals surface area contributed by atoms with Crippen molar-refractivity contribution in [2.45, 2.75) is 33.1 Å². The first kappa shape index (κ1) is 7.33. The molecule has 2 fully saturated rings. The standard InChI is InChI=1S/C10H16O/c1-6(2)10(11)9-4-7-3-8(7)5-9/h6-9H,3-5H2,1-2H3. The Morgan fingerprint density at radius 1 is 1.18 bits per heavy atom. The third-order valence-electron chi connectivity index (χ3n) is 3.21. The SMILES string of the molecule is CC(C)C(=O)C1CC2CC2C1. The minimum Gasteiger partial charge on any atom is -0.299 e. The van der Waals surface area contributed by atoms with Crippen molar-refractivity contribution < 1.29 is 4.79 Å². The molecule has 0 heterocycles. The number of fused-ring (bicyclic) bond motifs is 1. The van der Waals surface area contributed by atoms with Gasteiger partial charge < -0.3 is 0 Å². The van der Waals surface area contributed by atoms with Crippen molar-refractivity contribution in [2.24, 2.45) is 23.7 Å². The molecule has 2 unspecified atom stereocenters. The molecule has 0 amide bonds. The van der Waals surface area contributed by atoms with Crippen LogP contribution in [0.3, 0.4) is 0 Å². The van der Waals surface area contributed by atoms with Crippen molar-refractivity contribution in [1.82, 2.24) is 0 Å². The van der Waals surface area contributed by atoms with Crippen LogP contribution in [0.15, 0.2) is 0 Å². The zero-order valence-electron chi connectivity index (χ0n) is 7.34. The van der Waals surface area contributed by atoms with Crippen LogP contribution in [0.1, 0.15) is 33.1 Å². The summed E-state index contributed by atoms with van der Waals surface area (Å²) in [5, 5.41) is 0. The molecule has 0 N–H and O–H groups in total. The van der Waals surface area contributed by atoms with Crippen LogP contribution in [0.4, 0.5) is 0 Å². The van der Waals surface area contributed by atoms with E-state index in [-0.39, 0.29) is 5.92 Å². The number of hydrogen-bond acceptors (Lipinski definition) is 1. The average molecular weight is 152 g/mol. The van der Waals surface area contributed by atoms with Gasteiger partial charge in [-0.2, -0.15) is 0 Å². The van der Waals surface area contributed by atoms with Crippen LogP contribution in [-0.4, -0.2) is 5.78 Å². The lowest BCUT2D eigenvalue weighted by molar-refractivity contribution is -0.125. The monoisotopic (exact) mass is 152 g/mol. The normalized spacial score (nSPS) is 40.8. The number of hydrogen-bond donors (Lipinski definition) is 0. The van der Waals surface area contributed by atoms with Crippen molar-refractivity contribution in [1.29, 1.82) is 0 Å². The molecule has 0 radical (unpaired) electrons. The lowest BCUT2D eigenvalue weighted by Crippen LogP contribution is -2.18. The highest BCUT2D eigenvalue weighted by atomic mass is 16.1. The molecule has 0 spiro atoms. The maximum Gasteiger partial charge on any atom is 0.138 e. The Morgan fingerprint density at radius 3 is 2.18 bits per heavy atom. The van der Waals surface area contributed by atoms with Gasteiger partial charge in [-0.05, 0) is 31.1 Å². The Kier molecular flexibility index (Phi) is 1.55. The summed E-state index contributed by atoms with van der Waals surface area (Å²) < 4.78 is 0. The molecule has 2 aliphatic carbocycles. The van der Waals surface area contributed by atoms with Gasteiger partial charge in [0.1, 0.15) is 5.78 Å². The van der Waals surface area contributed by atoms with Gasteiger partial charge in [0, 0.05) is 11.8 Å². The van der Waals surface area contributed by atoms with E-state index in [0.717, 1.165) is 11.8 Å². The molecule has 1 nitrogen and oxygen atoms in total. The summed E-state index contributed by atoms with van der Waals surface area (Å²) in [5.74, 6) is 3.11. The Hall–Kier alpha value is -0.330. The maximum absolute atomic E-state index is 11.5. The third kappa shape index (κ3) is 1.21. The summed E-state index contributed by atoms with van der Waals surface area (Å²) in [4.78, 5) is 11.5. The van der Waals surface area contributed by atoms with Gasteiger partial charge in [0.15, 0.2) is 0 Å². The molecule has 62 valence electrons. The summed E-state index contributed by atoms with van der Waals surface area (Å²) in [6.45, 7) is 4.04. The molecule has 11 heavy (non-hydrogen) atoms. The van der Waals surface area contributed by atoms with E-state index < -0.39 is 0 Å². The first-order valence-electron chi connectivity index (χ1n) is 4.72. The second-order valence-electron chi connectivity index (χ2n) is 4.48. The summed E-state index contributed by atoms with van der Waals surface area (Å²) in [7, 11) is 0. The smallest absolute Gasteiger partial charge is 0.138 e. The Balaban J connectivity index is 1.92. The molecule has 0 aromatic carbocycles. The minimum atomic E-state index is 0.262. The molecule has 2 rings (SSSR count). The van der Waals surface area contributed by atoms with Gasteiger partial charge in [-0.1, -0.05) is 13.8 Å². The van der Waals surface area contributed by atoms with Crippen LogP contribution < -0.4 is 0 Å². The average Bonchev–Trinajstić information content (AvgIpc) is 2.57. The lowest BCUT2D eigenvalue weighted by atomic mass is 9.91. The van der Waals surface area contributed by atoms with Crippen LogP contribution in [0.5, 0.6) is 0 Å². The highest BCUT2D eigenvalue weighted by molar-refractivity contribution is 5.83. The number of ketones is 1.